The number of nitrogens with zero attached hydrogens (tertiary/aromatic N) is 1. The summed E-state index contributed by atoms with van der Waals surface area (Å²) in [7, 11) is 0. The zero-order valence-corrected chi connectivity index (χ0v) is 11.4. The third-order valence-electron chi connectivity index (χ3n) is 2.41. The van der Waals surface area contributed by atoms with E-state index in [0.29, 0.717) is 29.5 Å². The average Bonchev–Trinajstić information content (AvgIpc) is 2.83. The highest BCUT2D eigenvalue weighted by Crippen LogP contribution is 2.19. The summed E-state index contributed by atoms with van der Waals surface area (Å²) in [5, 5.41) is 3.64. The molecule has 1 heterocycles. The molecule has 2 rings (SSSR count). The molecule has 19 heavy (non-hydrogen) atoms. The Morgan fingerprint density at radius 1 is 1.47 bits per heavy atom. The lowest BCUT2D eigenvalue weighted by Gasteiger charge is -2.08. The zero-order chi connectivity index (χ0) is 13.7. The van der Waals surface area contributed by atoms with Crippen molar-refractivity contribution in [1.82, 2.24) is 10.3 Å². The van der Waals surface area contributed by atoms with Crippen LogP contribution in [-0.2, 0) is 0 Å². The Labute approximate surface area is 115 Å². The zero-order valence-electron chi connectivity index (χ0n) is 10.6. The van der Waals surface area contributed by atoms with Crippen LogP contribution in [0.2, 0.25) is 0 Å². The standard InChI is InChI=1S/C13H15N3O2S/c1-9-16-8-12(19-9)13(17)15-6-7-18-11-5-3-2-4-10(11)14/h2-5,8H,6-7,14H2,1H3,(H,15,17). The number of aromatic nitrogens is 1. The lowest BCUT2D eigenvalue weighted by atomic mass is 10.3. The topological polar surface area (TPSA) is 77.2 Å². The first-order valence-corrected chi connectivity index (χ1v) is 6.66. The molecule has 1 aromatic carbocycles. The maximum Gasteiger partial charge on any atom is 0.263 e. The van der Waals surface area contributed by atoms with Gasteiger partial charge in [0.1, 0.15) is 17.2 Å². The number of nitrogens with one attached hydrogen (secondary N) is 1. The number of para-hydroxylation sites is 2. The second-order valence-corrected chi connectivity index (χ2v) is 5.12. The summed E-state index contributed by atoms with van der Waals surface area (Å²) >= 11 is 1.37. The molecule has 5 nitrogen and oxygen atoms in total. The van der Waals surface area contributed by atoms with Gasteiger partial charge in [-0.2, -0.15) is 0 Å². The van der Waals surface area contributed by atoms with E-state index in [1.807, 2.05) is 19.1 Å². The number of carbonyl (C=O) groups is 1. The number of rotatable bonds is 5. The predicted octanol–water partition coefficient (Wildman–Crippen LogP) is 1.84. The van der Waals surface area contributed by atoms with Crippen molar-refractivity contribution in [1.29, 1.82) is 0 Å². The Morgan fingerprint density at radius 3 is 2.95 bits per heavy atom. The number of hydrogen-bond acceptors (Lipinski definition) is 5. The van der Waals surface area contributed by atoms with Crippen LogP contribution in [0.4, 0.5) is 5.69 Å². The molecule has 2 aromatic rings. The highest BCUT2D eigenvalue weighted by atomic mass is 32.1. The Morgan fingerprint density at radius 2 is 2.26 bits per heavy atom. The van der Waals surface area contributed by atoms with Crippen LogP contribution >= 0.6 is 11.3 Å². The second kappa shape index (κ2) is 6.19. The molecule has 1 amide bonds. The van der Waals surface area contributed by atoms with Crippen LogP contribution in [0.25, 0.3) is 0 Å². The van der Waals surface area contributed by atoms with Gasteiger partial charge in [-0.05, 0) is 19.1 Å². The monoisotopic (exact) mass is 277 g/mol. The van der Waals surface area contributed by atoms with Gasteiger partial charge in [0.25, 0.3) is 5.91 Å². The third kappa shape index (κ3) is 3.69. The van der Waals surface area contributed by atoms with Gasteiger partial charge in [-0.15, -0.1) is 11.3 Å². The summed E-state index contributed by atoms with van der Waals surface area (Å²) in [6.07, 6.45) is 1.57. The summed E-state index contributed by atoms with van der Waals surface area (Å²) in [5.41, 5.74) is 6.33. The summed E-state index contributed by atoms with van der Waals surface area (Å²) in [5.74, 6) is 0.501. The van der Waals surface area contributed by atoms with Crippen molar-refractivity contribution >= 4 is 22.9 Å². The third-order valence-corrected chi connectivity index (χ3v) is 3.32. The first-order valence-electron chi connectivity index (χ1n) is 5.85. The van der Waals surface area contributed by atoms with Crippen molar-refractivity contribution in [2.45, 2.75) is 6.92 Å². The molecule has 0 aliphatic carbocycles. The minimum atomic E-state index is -0.129. The number of hydrogen-bond donors (Lipinski definition) is 2. The first-order chi connectivity index (χ1) is 9.16. The molecule has 6 heteroatoms. The van der Waals surface area contributed by atoms with Crippen LogP contribution < -0.4 is 15.8 Å². The van der Waals surface area contributed by atoms with Gasteiger partial charge in [-0.25, -0.2) is 4.98 Å². The van der Waals surface area contributed by atoms with Gasteiger partial charge in [-0.3, -0.25) is 4.79 Å². The number of nitrogens with two attached hydrogens (primary N) is 1. The second-order valence-electron chi connectivity index (χ2n) is 3.89. The van der Waals surface area contributed by atoms with Crippen LogP contribution in [0, 0.1) is 6.92 Å². The van der Waals surface area contributed by atoms with E-state index in [2.05, 4.69) is 10.3 Å². The van der Waals surface area contributed by atoms with Crippen molar-refractivity contribution in [3.05, 3.63) is 40.3 Å². The van der Waals surface area contributed by atoms with E-state index in [1.165, 1.54) is 11.3 Å². The van der Waals surface area contributed by atoms with E-state index in [0.717, 1.165) is 5.01 Å². The Balaban J connectivity index is 1.75. The van der Waals surface area contributed by atoms with Crippen molar-refractivity contribution in [3.8, 4) is 5.75 Å². The minimum Gasteiger partial charge on any atom is -0.490 e. The van der Waals surface area contributed by atoms with Crippen molar-refractivity contribution in [3.63, 3.8) is 0 Å². The lowest BCUT2D eigenvalue weighted by molar-refractivity contribution is 0.0951. The van der Waals surface area contributed by atoms with E-state index >= 15 is 0 Å². The van der Waals surface area contributed by atoms with Crippen molar-refractivity contribution in [2.24, 2.45) is 0 Å². The molecule has 0 saturated carbocycles. The summed E-state index contributed by atoms with van der Waals surface area (Å²) in [6.45, 7) is 2.66. The fourth-order valence-electron chi connectivity index (χ4n) is 1.49. The maximum atomic E-state index is 11.7. The maximum absolute atomic E-state index is 11.7. The smallest absolute Gasteiger partial charge is 0.263 e. The highest BCUT2D eigenvalue weighted by Gasteiger charge is 2.08. The fraction of sp³-hybridized carbons (Fsp3) is 0.231. The molecule has 1 aromatic heterocycles. The highest BCUT2D eigenvalue weighted by molar-refractivity contribution is 7.13. The van der Waals surface area contributed by atoms with E-state index in [9.17, 15) is 4.79 Å². The van der Waals surface area contributed by atoms with Crippen molar-refractivity contribution in [2.75, 3.05) is 18.9 Å². The minimum absolute atomic E-state index is 0.129. The number of thiazole rings is 1. The van der Waals surface area contributed by atoms with E-state index in [4.69, 9.17) is 10.5 Å². The van der Waals surface area contributed by atoms with Crippen LogP contribution in [0.5, 0.6) is 5.75 Å². The van der Waals surface area contributed by atoms with Crippen LogP contribution in [0.1, 0.15) is 14.7 Å². The van der Waals surface area contributed by atoms with Gasteiger partial charge >= 0.3 is 0 Å². The molecule has 0 bridgehead atoms. The van der Waals surface area contributed by atoms with Gasteiger partial charge in [0.05, 0.1) is 23.4 Å². The Hall–Kier alpha value is -2.08. The number of nitrogen functional groups attached to an aromatic ring is 1. The number of benzene rings is 1. The average molecular weight is 277 g/mol. The first kappa shape index (κ1) is 13.4. The van der Waals surface area contributed by atoms with Gasteiger partial charge in [-0.1, -0.05) is 12.1 Å². The van der Waals surface area contributed by atoms with E-state index in [1.54, 1.807) is 18.3 Å². The summed E-state index contributed by atoms with van der Waals surface area (Å²) < 4.78 is 5.48. The molecule has 3 N–H and O–H groups in total. The molecule has 100 valence electrons. The largest absolute Gasteiger partial charge is 0.490 e. The molecule has 0 atom stereocenters. The molecule has 0 aliphatic rings. The molecule has 0 saturated heterocycles. The molecular weight excluding hydrogens is 262 g/mol. The van der Waals surface area contributed by atoms with Gasteiger partial charge < -0.3 is 15.8 Å². The fourth-order valence-corrected chi connectivity index (χ4v) is 2.18. The van der Waals surface area contributed by atoms with Crippen LogP contribution in [-0.4, -0.2) is 24.0 Å². The van der Waals surface area contributed by atoms with Gasteiger partial charge in [0, 0.05) is 0 Å². The Kier molecular flexibility index (Phi) is 4.35. The number of anilines is 1. The molecule has 0 spiro atoms. The number of carbonyl (C=O) groups excluding carboxylic acids is 1. The summed E-state index contributed by atoms with van der Waals surface area (Å²) in [6, 6.07) is 7.26. The quantitative estimate of drug-likeness (QED) is 0.646. The number of aryl methyl sites for hydroxylation is 1. The van der Waals surface area contributed by atoms with Crippen LogP contribution in [0.3, 0.4) is 0 Å². The van der Waals surface area contributed by atoms with Crippen LogP contribution in [0.15, 0.2) is 30.5 Å². The van der Waals surface area contributed by atoms with E-state index < -0.39 is 0 Å². The summed E-state index contributed by atoms with van der Waals surface area (Å²) in [4.78, 5) is 16.4. The SMILES string of the molecule is Cc1ncc(C(=O)NCCOc2ccccc2N)s1. The predicted molar refractivity (Wildman–Crippen MR) is 75.5 cm³/mol. The molecule has 0 fully saturated rings. The molecule has 0 aliphatic heterocycles. The lowest BCUT2D eigenvalue weighted by Crippen LogP contribution is -2.27. The molecule has 0 radical (unpaired) electrons. The van der Waals surface area contributed by atoms with Gasteiger partial charge in [0.15, 0.2) is 0 Å². The normalized spacial score (nSPS) is 10.2. The Bertz CT molecular complexity index is 569. The number of amides is 1. The number of ether oxygens (including phenoxy) is 1. The van der Waals surface area contributed by atoms with E-state index in [-0.39, 0.29) is 5.91 Å². The molecular formula is C13H15N3O2S. The van der Waals surface area contributed by atoms with Gasteiger partial charge in [0.2, 0.25) is 0 Å². The molecule has 0 unspecified atom stereocenters. The van der Waals surface area contributed by atoms with Crippen molar-refractivity contribution < 1.29 is 9.53 Å².